The lowest BCUT2D eigenvalue weighted by Crippen LogP contribution is -2.18. The Morgan fingerprint density at radius 2 is 1.84 bits per heavy atom. The number of carbonyl (C=O) groups is 1. The number of carbonyl (C=O) groups excluding carboxylic acids is 1. The zero-order valence-corrected chi connectivity index (χ0v) is 15.6. The van der Waals surface area contributed by atoms with Crippen LogP contribution >= 0.6 is 27.7 Å². The molecule has 0 spiro atoms. The lowest BCUT2D eigenvalue weighted by atomic mass is 10.1. The van der Waals surface area contributed by atoms with E-state index in [4.69, 9.17) is 4.79 Å². The topological polar surface area (TPSA) is 67.2 Å². The maximum absolute atomic E-state index is 13.0. The minimum atomic E-state index is -4.32. The quantitative estimate of drug-likeness (QED) is 0.214. The van der Waals surface area contributed by atoms with Crippen LogP contribution in [0.2, 0.25) is 0 Å². The number of nitrogens with one attached hydrogen (secondary N) is 2. The molecule has 0 radical (unpaired) electrons. The molecule has 0 heterocycles. The minimum Gasteiger partial charge on any atom is -0.387 e. The number of hydrogen-bond acceptors (Lipinski definition) is 4. The normalized spacial score (nSPS) is 10.5. The summed E-state index contributed by atoms with van der Waals surface area (Å²) in [5, 5.41) is 3.04. The molecular weight excluding hydrogens is 419 g/mol. The highest BCUT2D eigenvalue weighted by Gasteiger charge is 2.32. The fourth-order valence-electron chi connectivity index (χ4n) is 1.93. The van der Waals surface area contributed by atoms with E-state index in [-0.39, 0.29) is 11.3 Å². The molecule has 4 nitrogen and oxygen atoms in total. The van der Waals surface area contributed by atoms with Crippen LogP contribution in [-0.4, -0.2) is 13.5 Å². The summed E-state index contributed by atoms with van der Waals surface area (Å²) in [6.07, 6.45) is -3.92. The summed E-state index contributed by atoms with van der Waals surface area (Å²) < 4.78 is 39.8. The second kappa shape index (κ2) is 10.3. The Morgan fingerprint density at radius 1 is 1.20 bits per heavy atom. The molecule has 0 atom stereocenters. The van der Waals surface area contributed by atoms with Gasteiger partial charge >= 0.3 is 6.18 Å². The predicted octanol–water partition coefficient (Wildman–Crippen LogP) is 4.41. The number of anilines is 1. The van der Waals surface area contributed by atoms with E-state index in [1.807, 2.05) is 18.2 Å². The van der Waals surface area contributed by atoms with E-state index < -0.39 is 11.7 Å². The highest BCUT2D eigenvalue weighted by molar-refractivity contribution is 9.10. The Hall–Kier alpha value is -1.71. The van der Waals surface area contributed by atoms with Gasteiger partial charge in [0.15, 0.2) is 0 Å². The van der Waals surface area contributed by atoms with E-state index in [0.29, 0.717) is 6.41 Å². The first-order chi connectivity index (χ1) is 11.8. The Balaban J connectivity index is 0.000000705. The van der Waals surface area contributed by atoms with Crippen molar-refractivity contribution in [1.82, 2.24) is 5.43 Å². The Kier molecular flexibility index (Phi) is 8.81. The average molecular weight is 436 g/mol. The molecule has 136 valence electrons. The molecule has 0 aliphatic rings. The van der Waals surface area contributed by atoms with Gasteiger partial charge in [0, 0.05) is 27.9 Å². The molecule has 2 rings (SSSR count). The van der Waals surface area contributed by atoms with E-state index in [0.717, 1.165) is 21.1 Å². The van der Waals surface area contributed by atoms with Gasteiger partial charge in [-0.25, -0.2) is 5.84 Å². The summed E-state index contributed by atoms with van der Waals surface area (Å²) in [7, 11) is 1.79. The SMILES string of the molecule is CNc1cccc(Br)c1SCc1ccccc1C(F)(F)F.NNC=O. The van der Waals surface area contributed by atoms with Crippen molar-refractivity contribution in [1.29, 1.82) is 0 Å². The van der Waals surface area contributed by atoms with Crippen molar-refractivity contribution in [2.24, 2.45) is 5.84 Å². The maximum Gasteiger partial charge on any atom is 0.416 e. The molecule has 0 aromatic heterocycles. The van der Waals surface area contributed by atoms with Crippen LogP contribution < -0.4 is 16.6 Å². The number of hydrazine groups is 1. The number of nitrogens with two attached hydrogens (primary N) is 1. The van der Waals surface area contributed by atoms with Crippen molar-refractivity contribution >= 4 is 39.8 Å². The molecule has 2 aromatic rings. The number of amides is 1. The molecule has 1 amide bonds. The monoisotopic (exact) mass is 435 g/mol. The fraction of sp³-hybridized carbons (Fsp3) is 0.188. The number of benzene rings is 2. The number of alkyl halides is 3. The van der Waals surface area contributed by atoms with E-state index in [1.54, 1.807) is 18.5 Å². The van der Waals surface area contributed by atoms with Crippen LogP contribution in [0.1, 0.15) is 11.1 Å². The molecule has 0 aliphatic carbocycles. The first-order valence-electron chi connectivity index (χ1n) is 6.99. The molecule has 0 unspecified atom stereocenters. The Labute approximate surface area is 156 Å². The summed E-state index contributed by atoms with van der Waals surface area (Å²) in [6, 6.07) is 11.3. The van der Waals surface area contributed by atoms with Crippen LogP contribution in [-0.2, 0) is 16.7 Å². The molecule has 25 heavy (non-hydrogen) atoms. The van der Waals surface area contributed by atoms with Gasteiger partial charge in [-0.2, -0.15) is 13.2 Å². The highest BCUT2D eigenvalue weighted by Crippen LogP contribution is 2.39. The van der Waals surface area contributed by atoms with Crippen LogP contribution in [0.15, 0.2) is 51.8 Å². The number of hydrogen-bond donors (Lipinski definition) is 3. The van der Waals surface area contributed by atoms with Gasteiger partial charge < -0.3 is 5.32 Å². The molecule has 0 bridgehead atoms. The Morgan fingerprint density at radius 3 is 2.40 bits per heavy atom. The second-order valence-corrected chi connectivity index (χ2v) is 6.43. The number of rotatable bonds is 5. The summed E-state index contributed by atoms with van der Waals surface area (Å²) >= 11 is 4.81. The Bertz CT molecular complexity index is 699. The van der Waals surface area contributed by atoms with E-state index >= 15 is 0 Å². The molecule has 0 fully saturated rings. The van der Waals surface area contributed by atoms with Crippen LogP contribution in [0.3, 0.4) is 0 Å². The summed E-state index contributed by atoms with van der Waals surface area (Å²) in [6.45, 7) is 0. The molecule has 2 aromatic carbocycles. The smallest absolute Gasteiger partial charge is 0.387 e. The standard InChI is InChI=1S/C15H13BrF3NS.CH4N2O/c1-20-13-8-4-7-12(16)14(13)21-9-10-5-2-3-6-11(10)15(17,18)19;2-3-1-4/h2-8,20H,9H2,1H3;1H,2H2,(H,3,4). The first-order valence-corrected chi connectivity index (χ1v) is 8.77. The van der Waals surface area contributed by atoms with Gasteiger partial charge in [0.2, 0.25) is 6.41 Å². The lowest BCUT2D eigenvalue weighted by Gasteiger charge is -2.14. The maximum atomic E-state index is 13.0. The van der Waals surface area contributed by atoms with Crippen LogP contribution in [0.4, 0.5) is 18.9 Å². The van der Waals surface area contributed by atoms with Crippen molar-refractivity contribution in [2.45, 2.75) is 16.8 Å². The second-order valence-electron chi connectivity index (χ2n) is 4.59. The number of thioether (sulfide) groups is 1. The largest absolute Gasteiger partial charge is 0.416 e. The van der Waals surface area contributed by atoms with Gasteiger partial charge in [-0.05, 0) is 39.7 Å². The van der Waals surface area contributed by atoms with Crippen molar-refractivity contribution in [3.05, 3.63) is 58.1 Å². The van der Waals surface area contributed by atoms with E-state index in [1.165, 1.54) is 23.9 Å². The molecular formula is C16H17BrF3N3OS. The third-order valence-corrected chi connectivity index (χ3v) is 5.11. The minimum absolute atomic E-state index is 0.257. The van der Waals surface area contributed by atoms with E-state index in [2.05, 4.69) is 27.1 Å². The van der Waals surface area contributed by atoms with Gasteiger partial charge in [-0.1, -0.05) is 24.3 Å². The summed E-state index contributed by atoms with van der Waals surface area (Å²) in [4.78, 5) is 9.84. The third-order valence-electron chi connectivity index (χ3n) is 3.00. The molecule has 0 saturated carbocycles. The molecule has 4 N–H and O–H groups in total. The van der Waals surface area contributed by atoms with Crippen LogP contribution in [0.5, 0.6) is 0 Å². The van der Waals surface area contributed by atoms with E-state index in [9.17, 15) is 13.2 Å². The first kappa shape index (κ1) is 21.3. The van der Waals surface area contributed by atoms with Crippen molar-refractivity contribution in [3.63, 3.8) is 0 Å². The van der Waals surface area contributed by atoms with Crippen LogP contribution in [0.25, 0.3) is 0 Å². The fourth-order valence-corrected chi connectivity index (χ4v) is 3.72. The zero-order valence-electron chi connectivity index (χ0n) is 13.2. The summed E-state index contributed by atoms with van der Waals surface area (Å²) in [5.41, 5.74) is 2.35. The van der Waals surface area contributed by atoms with Crippen LogP contribution in [0, 0.1) is 0 Å². The van der Waals surface area contributed by atoms with Crippen molar-refractivity contribution in [3.8, 4) is 0 Å². The van der Waals surface area contributed by atoms with Crippen molar-refractivity contribution in [2.75, 3.05) is 12.4 Å². The highest BCUT2D eigenvalue weighted by atomic mass is 79.9. The van der Waals surface area contributed by atoms with Gasteiger partial charge in [0.05, 0.1) is 5.56 Å². The van der Waals surface area contributed by atoms with Gasteiger partial charge in [0.1, 0.15) is 0 Å². The summed E-state index contributed by atoms with van der Waals surface area (Å²) in [5.74, 6) is 4.67. The lowest BCUT2D eigenvalue weighted by molar-refractivity contribution is -0.138. The number of halogens is 4. The van der Waals surface area contributed by atoms with Gasteiger partial charge in [-0.15, -0.1) is 11.8 Å². The average Bonchev–Trinajstić information content (AvgIpc) is 2.60. The molecule has 0 aliphatic heterocycles. The van der Waals surface area contributed by atoms with Gasteiger partial charge in [-0.3, -0.25) is 10.2 Å². The molecule has 9 heteroatoms. The predicted molar refractivity (Wildman–Crippen MR) is 98.1 cm³/mol. The third kappa shape index (κ3) is 6.60. The zero-order chi connectivity index (χ0) is 18.9. The van der Waals surface area contributed by atoms with Crippen molar-refractivity contribution < 1.29 is 18.0 Å². The van der Waals surface area contributed by atoms with Gasteiger partial charge in [0.25, 0.3) is 0 Å². The molecule has 0 saturated heterocycles.